The van der Waals surface area contributed by atoms with Crippen LogP contribution in [0.4, 0.5) is 5.69 Å². The molecule has 0 bridgehead atoms. The molecule has 5 nitrogen and oxygen atoms in total. The molecule has 0 amide bonds. The number of hydrogen-bond acceptors (Lipinski definition) is 4. The summed E-state index contributed by atoms with van der Waals surface area (Å²) in [6.45, 7) is 3.73. The Morgan fingerprint density at radius 3 is 2.50 bits per heavy atom. The van der Waals surface area contributed by atoms with E-state index in [1.54, 1.807) is 12.1 Å². The lowest BCUT2D eigenvalue weighted by molar-refractivity contribution is -0.386. The van der Waals surface area contributed by atoms with Crippen LogP contribution in [0.15, 0.2) is 27.6 Å². The van der Waals surface area contributed by atoms with Crippen molar-refractivity contribution in [1.29, 1.82) is 0 Å². The minimum Gasteiger partial charge on any atom is -0.457 e. The second-order valence-corrected chi connectivity index (χ2v) is 3.64. The van der Waals surface area contributed by atoms with Gasteiger partial charge in [-0.05, 0) is 37.1 Å². The van der Waals surface area contributed by atoms with Crippen molar-refractivity contribution in [3.63, 3.8) is 0 Å². The van der Waals surface area contributed by atoms with Crippen LogP contribution in [0, 0.1) is 24.0 Å². The van der Waals surface area contributed by atoms with Crippen molar-refractivity contribution in [2.75, 3.05) is 0 Å². The first-order chi connectivity index (χ1) is 7.50. The van der Waals surface area contributed by atoms with E-state index < -0.39 is 16.0 Å². The van der Waals surface area contributed by atoms with Gasteiger partial charge in [-0.1, -0.05) is 0 Å². The fourth-order valence-electron chi connectivity index (χ4n) is 1.50. The van der Waals surface area contributed by atoms with Crippen molar-refractivity contribution >= 4 is 16.7 Å². The van der Waals surface area contributed by atoms with Crippen molar-refractivity contribution in [2.24, 2.45) is 0 Å². The zero-order valence-electron chi connectivity index (χ0n) is 8.81. The van der Waals surface area contributed by atoms with Gasteiger partial charge in [0.2, 0.25) is 0 Å². The van der Waals surface area contributed by atoms with E-state index in [-0.39, 0.29) is 5.39 Å². The fraction of sp³-hybridized carbons (Fsp3) is 0.182. The van der Waals surface area contributed by atoms with Gasteiger partial charge in [-0.3, -0.25) is 14.9 Å². The molecule has 0 aliphatic rings. The van der Waals surface area contributed by atoms with Gasteiger partial charge in [0.1, 0.15) is 5.58 Å². The van der Waals surface area contributed by atoms with Crippen molar-refractivity contribution in [2.45, 2.75) is 13.8 Å². The Balaban J connectivity index is 2.90. The van der Waals surface area contributed by atoms with E-state index >= 15 is 0 Å². The highest BCUT2D eigenvalue weighted by molar-refractivity contribution is 5.79. The minimum absolute atomic E-state index is 0.248. The summed E-state index contributed by atoms with van der Waals surface area (Å²) in [6.07, 6.45) is 0.888. The predicted octanol–water partition coefficient (Wildman–Crippen LogP) is 2.32. The molecule has 2 rings (SSSR count). The monoisotopic (exact) mass is 219 g/mol. The summed E-state index contributed by atoms with van der Waals surface area (Å²) in [5, 5.41) is 10.8. The number of aryl methyl sites for hydroxylation is 2. The van der Waals surface area contributed by atoms with Crippen LogP contribution in [0.3, 0.4) is 0 Å². The smallest absolute Gasteiger partial charge is 0.351 e. The molecule has 0 spiro atoms. The van der Waals surface area contributed by atoms with E-state index in [0.717, 1.165) is 17.4 Å². The molecule has 0 radical (unpaired) electrons. The number of rotatable bonds is 1. The molecular weight excluding hydrogens is 210 g/mol. The largest absolute Gasteiger partial charge is 0.457 e. The zero-order chi connectivity index (χ0) is 11.9. The second-order valence-electron chi connectivity index (χ2n) is 3.64. The normalized spacial score (nSPS) is 10.6. The van der Waals surface area contributed by atoms with Crippen LogP contribution in [0.2, 0.25) is 0 Å². The molecule has 2 aromatic rings. The average molecular weight is 219 g/mol. The molecule has 1 heterocycles. The maximum atomic E-state index is 11.7. The highest BCUT2D eigenvalue weighted by Crippen LogP contribution is 2.19. The first kappa shape index (κ1) is 10.4. The molecule has 16 heavy (non-hydrogen) atoms. The number of nitrogens with zero attached hydrogens (tertiary/aromatic N) is 1. The molecule has 5 heteroatoms. The lowest BCUT2D eigenvalue weighted by Gasteiger charge is -2.01. The maximum Gasteiger partial charge on any atom is 0.351 e. The van der Waals surface area contributed by atoms with Gasteiger partial charge in [0.15, 0.2) is 6.26 Å². The van der Waals surface area contributed by atoms with Crippen molar-refractivity contribution in [1.82, 2.24) is 0 Å². The lowest BCUT2D eigenvalue weighted by atomic mass is 10.1. The van der Waals surface area contributed by atoms with Crippen molar-refractivity contribution < 1.29 is 9.34 Å². The van der Waals surface area contributed by atoms with E-state index in [2.05, 4.69) is 0 Å². The molecule has 0 saturated carbocycles. The van der Waals surface area contributed by atoms with Gasteiger partial charge < -0.3 is 4.42 Å². The predicted molar refractivity (Wildman–Crippen MR) is 58.6 cm³/mol. The van der Waals surface area contributed by atoms with Crippen LogP contribution in [0.1, 0.15) is 11.1 Å². The lowest BCUT2D eigenvalue weighted by Crippen LogP contribution is -2.08. The van der Waals surface area contributed by atoms with Crippen molar-refractivity contribution in [3.8, 4) is 0 Å². The number of fused-ring (bicyclic) bond motifs is 1. The highest BCUT2D eigenvalue weighted by atomic mass is 16.6. The number of benzene rings is 1. The molecule has 0 aliphatic heterocycles. The molecule has 0 N–H and O–H groups in total. The number of nitro groups is 1. The Morgan fingerprint density at radius 2 is 1.88 bits per heavy atom. The van der Waals surface area contributed by atoms with Gasteiger partial charge in [-0.25, -0.2) is 0 Å². The number of hydrogen-bond donors (Lipinski definition) is 0. The van der Waals surface area contributed by atoms with E-state index in [0.29, 0.717) is 5.58 Å². The molecular formula is C11H9NO4. The Labute approximate surface area is 90.5 Å². The zero-order valence-corrected chi connectivity index (χ0v) is 8.81. The van der Waals surface area contributed by atoms with E-state index in [9.17, 15) is 14.9 Å². The first-order valence-corrected chi connectivity index (χ1v) is 4.68. The Hall–Kier alpha value is -2.17. The Kier molecular flexibility index (Phi) is 2.23. The quantitative estimate of drug-likeness (QED) is 0.545. The van der Waals surface area contributed by atoms with Crippen LogP contribution in [0.5, 0.6) is 0 Å². The summed E-state index contributed by atoms with van der Waals surface area (Å²) in [6, 6.07) is 3.32. The van der Waals surface area contributed by atoms with E-state index in [1.807, 2.05) is 13.8 Å². The Morgan fingerprint density at radius 1 is 1.25 bits per heavy atom. The highest BCUT2D eigenvalue weighted by Gasteiger charge is 2.16. The molecule has 1 aromatic heterocycles. The maximum absolute atomic E-state index is 11.7. The van der Waals surface area contributed by atoms with Crippen LogP contribution in [-0.2, 0) is 0 Å². The van der Waals surface area contributed by atoms with Crippen LogP contribution in [0.25, 0.3) is 11.0 Å². The standard InChI is InChI=1S/C11H9NO4/c1-6-3-8-10(4-7(6)2)16-5-9(11(8)13)12(14)15/h3-5H,1-2H3. The summed E-state index contributed by atoms with van der Waals surface area (Å²) in [4.78, 5) is 21.6. The first-order valence-electron chi connectivity index (χ1n) is 4.68. The third-order valence-electron chi connectivity index (χ3n) is 2.57. The molecule has 82 valence electrons. The third kappa shape index (κ3) is 1.46. The van der Waals surface area contributed by atoms with Crippen LogP contribution >= 0.6 is 0 Å². The summed E-state index contributed by atoms with van der Waals surface area (Å²) in [5.74, 6) is 0. The van der Waals surface area contributed by atoms with Gasteiger partial charge in [0.25, 0.3) is 5.43 Å². The molecule has 0 aliphatic carbocycles. The SMILES string of the molecule is Cc1cc2occ([N+](=O)[O-])c(=O)c2cc1C. The molecule has 0 saturated heterocycles. The van der Waals surface area contributed by atoms with Gasteiger partial charge in [-0.15, -0.1) is 0 Å². The van der Waals surface area contributed by atoms with Gasteiger partial charge in [-0.2, -0.15) is 0 Å². The second kappa shape index (κ2) is 3.44. The minimum atomic E-state index is -0.736. The molecule has 0 fully saturated rings. The summed E-state index contributed by atoms with van der Waals surface area (Å²) < 4.78 is 5.08. The fourth-order valence-corrected chi connectivity index (χ4v) is 1.50. The summed E-state index contributed by atoms with van der Waals surface area (Å²) in [5.41, 5.74) is 1.12. The van der Waals surface area contributed by atoms with E-state index in [4.69, 9.17) is 4.42 Å². The van der Waals surface area contributed by atoms with Crippen LogP contribution < -0.4 is 5.43 Å². The molecule has 0 unspecified atom stereocenters. The molecule has 1 aromatic carbocycles. The third-order valence-corrected chi connectivity index (χ3v) is 2.57. The van der Waals surface area contributed by atoms with Crippen molar-refractivity contribution in [3.05, 3.63) is 49.9 Å². The van der Waals surface area contributed by atoms with Gasteiger partial charge in [0.05, 0.1) is 10.3 Å². The van der Waals surface area contributed by atoms with E-state index in [1.165, 1.54) is 0 Å². The Bertz CT molecular complexity index is 642. The van der Waals surface area contributed by atoms with Gasteiger partial charge >= 0.3 is 5.69 Å². The summed E-state index contributed by atoms with van der Waals surface area (Å²) >= 11 is 0. The average Bonchev–Trinajstić information content (AvgIpc) is 2.21. The summed E-state index contributed by atoms with van der Waals surface area (Å²) in [7, 11) is 0. The van der Waals surface area contributed by atoms with Gasteiger partial charge in [0, 0.05) is 0 Å². The van der Waals surface area contributed by atoms with Crippen LogP contribution in [-0.4, -0.2) is 4.92 Å². The topological polar surface area (TPSA) is 73.3 Å². The molecule has 0 atom stereocenters.